The summed E-state index contributed by atoms with van der Waals surface area (Å²) in [6, 6.07) is 4.99. The van der Waals surface area contributed by atoms with Crippen molar-refractivity contribution < 1.29 is 9.63 Å². The summed E-state index contributed by atoms with van der Waals surface area (Å²) in [5.74, 6) is -0.338. The number of amides is 1. The number of aromatic nitrogens is 4. The normalized spacial score (nSPS) is 10.6. The molecule has 1 N–H and O–H groups in total. The van der Waals surface area contributed by atoms with E-state index in [1.54, 1.807) is 18.2 Å². The lowest BCUT2D eigenvalue weighted by molar-refractivity contribution is -0.132. The Morgan fingerprint density at radius 1 is 1.45 bits per heavy atom. The number of aryl methyl sites for hydroxylation is 1. The molecule has 0 bridgehead atoms. The fraction of sp³-hybridized carbons (Fsp3) is 0.273. The van der Waals surface area contributed by atoms with E-state index < -0.39 is 5.69 Å². The van der Waals surface area contributed by atoms with Crippen LogP contribution < -0.4 is 11.2 Å². The highest BCUT2D eigenvalue weighted by Crippen LogP contribution is 2.22. The van der Waals surface area contributed by atoms with Crippen LogP contribution in [0, 0.1) is 0 Å². The second-order valence-electron chi connectivity index (χ2n) is 3.98. The zero-order valence-electron chi connectivity index (χ0n) is 10.8. The topological polar surface area (TPSA) is 91.0 Å². The number of carbonyl (C=O) groups excluding carboxylic acids is 1. The van der Waals surface area contributed by atoms with E-state index in [-0.39, 0.29) is 12.5 Å². The van der Waals surface area contributed by atoms with Crippen molar-refractivity contribution in [3.05, 3.63) is 39.3 Å². The molecule has 0 unspecified atom stereocenters. The van der Waals surface area contributed by atoms with Crippen molar-refractivity contribution in [1.29, 1.82) is 0 Å². The number of rotatable bonds is 4. The van der Waals surface area contributed by atoms with Crippen LogP contribution in [-0.4, -0.2) is 25.7 Å². The summed E-state index contributed by atoms with van der Waals surface area (Å²) in [6.45, 7) is 1.32. The smallest absolute Gasteiger partial charge is 0.273 e. The van der Waals surface area contributed by atoms with Gasteiger partial charge in [-0.15, -0.1) is 0 Å². The Hall–Kier alpha value is -2.19. The van der Waals surface area contributed by atoms with E-state index in [0.717, 1.165) is 9.36 Å². The molecule has 0 saturated heterocycles. The molecule has 8 nitrogen and oxygen atoms in total. The second kappa shape index (κ2) is 5.85. The zero-order chi connectivity index (χ0) is 14.7. The van der Waals surface area contributed by atoms with Crippen LogP contribution in [-0.2, 0) is 23.3 Å². The largest absolute Gasteiger partial charge is 0.368 e. The summed E-state index contributed by atoms with van der Waals surface area (Å²) in [7, 11) is 1.49. The van der Waals surface area contributed by atoms with E-state index in [4.69, 9.17) is 16.4 Å². The van der Waals surface area contributed by atoms with E-state index in [9.17, 15) is 9.59 Å². The molecule has 1 aromatic carbocycles. The molecule has 9 heteroatoms. The van der Waals surface area contributed by atoms with E-state index in [0.29, 0.717) is 16.3 Å². The Labute approximate surface area is 118 Å². The number of tetrazole rings is 1. The predicted molar refractivity (Wildman–Crippen MR) is 70.2 cm³/mol. The van der Waals surface area contributed by atoms with Crippen molar-refractivity contribution in [3.63, 3.8) is 0 Å². The van der Waals surface area contributed by atoms with Gasteiger partial charge in [0.15, 0.2) is 0 Å². The first-order chi connectivity index (χ1) is 9.50. The van der Waals surface area contributed by atoms with Crippen LogP contribution >= 0.6 is 11.6 Å². The molecular weight excluding hydrogens is 286 g/mol. The van der Waals surface area contributed by atoms with Crippen LogP contribution in [0.15, 0.2) is 23.0 Å². The lowest BCUT2D eigenvalue weighted by Crippen LogP contribution is -2.24. The van der Waals surface area contributed by atoms with Crippen molar-refractivity contribution >= 4 is 17.5 Å². The predicted octanol–water partition coefficient (Wildman–Crippen LogP) is 0.187. The first-order valence-electron chi connectivity index (χ1n) is 5.66. The van der Waals surface area contributed by atoms with E-state index in [2.05, 4.69) is 15.9 Å². The van der Waals surface area contributed by atoms with Crippen LogP contribution in [0.3, 0.4) is 0 Å². The van der Waals surface area contributed by atoms with Gasteiger partial charge in [0.1, 0.15) is 6.61 Å². The third-order valence-electron chi connectivity index (χ3n) is 2.48. The second-order valence-corrected chi connectivity index (χ2v) is 4.39. The first-order valence-corrected chi connectivity index (χ1v) is 6.03. The maximum Gasteiger partial charge on any atom is 0.368 e. The first kappa shape index (κ1) is 14.2. The van der Waals surface area contributed by atoms with Crippen molar-refractivity contribution in [2.45, 2.75) is 13.5 Å². The molecule has 0 aliphatic carbocycles. The van der Waals surface area contributed by atoms with Gasteiger partial charge in [0, 0.05) is 24.6 Å². The van der Waals surface area contributed by atoms with E-state index >= 15 is 0 Å². The van der Waals surface area contributed by atoms with Crippen LogP contribution in [0.4, 0.5) is 0 Å². The highest BCUT2D eigenvalue weighted by Gasteiger charge is 2.14. The molecule has 2 rings (SSSR count). The van der Waals surface area contributed by atoms with Crippen molar-refractivity contribution in [2.75, 3.05) is 0 Å². The van der Waals surface area contributed by atoms with Gasteiger partial charge in [-0.05, 0) is 22.6 Å². The maximum atomic E-state index is 11.9. The average Bonchev–Trinajstić information content (AvgIpc) is 2.72. The molecule has 0 aliphatic heterocycles. The number of hydrogen-bond acceptors (Lipinski definition) is 5. The number of halogens is 1. The monoisotopic (exact) mass is 297 g/mol. The summed E-state index contributed by atoms with van der Waals surface area (Å²) >= 11 is 6.09. The van der Waals surface area contributed by atoms with Gasteiger partial charge in [0.25, 0.3) is 0 Å². The molecule has 0 aliphatic rings. The highest BCUT2D eigenvalue weighted by atomic mass is 35.5. The molecular formula is C11H12ClN5O3. The van der Waals surface area contributed by atoms with Gasteiger partial charge in [-0.3, -0.25) is 9.63 Å². The number of nitrogens with one attached hydrogen (secondary N) is 1. The summed E-state index contributed by atoms with van der Waals surface area (Å²) in [5, 5.41) is 7.78. The van der Waals surface area contributed by atoms with Gasteiger partial charge in [0.05, 0.1) is 5.69 Å². The van der Waals surface area contributed by atoms with Crippen LogP contribution in [0.25, 0.3) is 5.69 Å². The Balaban J connectivity index is 2.38. The molecule has 0 radical (unpaired) electrons. The quantitative estimate of drug-likeness (QED) is 0.813. The van der Waals surface area contributed by atoms with Crippen molar-refractivity contribution in [1.82, 2.24) is 25.3 Å². The Morgan fingerprint density at radius 2 is 2.20 bits per heavy atom. The summed E-state index contributed by atoms with van der Waals surface area (Å²) in [5.41, 5.74) is 2.75. The standard InChI is InChI=1S/C11H12ClN5O3/c1-7(18)13-20-6-8-9(12)4-3-5-10(8)17-11(19)16(2)14-15-17/h3-5H,6H2,1-2H3,(H,13,18). The molecule has 2 aromatic rings. The minimum absolute atomic E-state index is 0.00238. The van der Waals surface area contributed by atoms with Gasteiger partial charge >= 0.3 is 5.69 Å². The van der Waals surface area contributed by atoms with Crippen molar-refractivity contribution in [2.24, 2.45) is 7.05 Å². The number of carbonyl (C=O) groups is 1. The van der Waals surface area contributed by atoms with Crippen LogP contribution in [0.1, 0.15) is 12.5 Å². The fourth-order valence-corrected chi connectivity index (χ4v) is 1.79. The van der Waals surface area contributed by atoms with Crippen molar-refractivity contribution in [3.8, 4) is 5.69 Å². The van der Waals surface area contributed by atoms with Gasteiger partial charge in [-0.2, -0.15) is 9.36 Å². The lowest BCUT2D eigenvalue weighted by atomic mass is 10.2. The van der Waals surface area contributed by atoms with Gasteiger partial charge in [0.2, 0.25) is 5.91 Å². The molecule has 1 heterocycles. The summed E-state index contributed by atoms with van der Waals surface area (Å²) < 4.78 is 2.21. The molecule has 106 valence electrons. The molecule has 0 atom stereocenters. The fourth-order valence-electron chi connectivity index (χ4n) is 1.56. The van der Waals surface area contributed by atoms with Gasteiger partial charge in [-0.1, -0.05) is 17.7 Å². The zero-order valence-corrected chi connectivity index (χ0v) is 11.6. The minimum Gasteiger partial charge on any atom is -0.273 e. The van der Waals surface area contributed by atoms with Crippen LogP contribution in [0.2, 0.25) is 5.02 Å². The summed E-state index contributed by atoms with van der Waals surface area (Å²) in [4.78, 5) is 27.7. The SMILES string of the molecule is CC(=O)NOCc1c(Cl)cccc1-n1nnn(C)c1=O. The molecule has 0 spiro atoms. The number of nitrogens with zero attached hydrogens (tertiary/aromatic N) is 4. The Bertz CT molecular complexity index is 694. The maximum absolute atomic E-state index is 11.9. The van der Waals surface area contributed by atoms with E-state index in [1.807, 2.05) is 0 Å². The van der Waals surface area contributed by atoms with E-state index in [1.165, 1.54) is 14.0 Å². The third-order valence-corrected chi connectivity index (χ3v) is 2.83. The minimum atomic E-state index is -0.409. The molecule has 1 aromatic heterocycles. The number of hydrogen-bond donors (Lipinski definition) is 1. The third kappa shape index (κ3) is 2.86. The van der Waals surface area contributed by atoms with Gasteiger partial charge in [-0.25, -0.2) is 10.3 Å². The molecule has 0 fully saturated rings. The molecule has 0 saturated carbocycles. The Morgan fingerprint density at radius 3 is 2.80 bits per heavy atom. The number of hydroxylamine groups is 1. The van der Waals surface area contributed by atoms with Crippen LogP contribution in [0.5, 0.6) is 0 Å². The average molecular weight is 298 g/mol. The number of benzene rings is 1. The summed E-state index contributed by atoms with van der Waals surface area (Å²) in [6.07, 6.45) is 0. The highest BCUT2D eigenvalue weighted by molar-refractivity contribution is 6.31. The lowest BCUT2D eigenvalue weighted by Gasteiger charge is -2.10. The molecule has 20 heavy (non-hydrogen) atoms. The molecule has 1 amide bonds. The van der Waals surface area contributed by atoms with Gasteiger partial charge < -0.3 is 0 Å². The Kier molecular flexibility index (Phi) is 4.16.